The van der Waals surface area contributed by atoms with Gasteiger partial charge >= 0.3 is 0 Å². The van der Waals surface area contributed by atoms with E-state index in [1.165, 1.54) is 12.8 Å². The summed E-state index contributed by atoms with van der Waals surface area (Å²) >= 11 is 0. The Morgan fingerprint density at radius 1 is 1.50 bits per heavy atom. The first-order valence-corrected chi connectivity index (χ1v) is 4.70. The number of nitrogens with two attached hydrogens (primary N) is 1. The van der Waals surface area contributed by atoms with Crippen molar-refractivity contribution in [2.75, 3.05) is 0 Å². The number of hydrogen-bond acceptors (Lipinski definition) is 1. The Labute approximate surface area is 75.0 Å². The Hall–Kier alpha value is -0.740. The van der Waals surface area contributed by atoms with Crippen LogP contribution in [0.2, 0.25) is 0 Å². The molecule has 1 heteroatoms. The molecule has 1 rings (SSSR count). The summed E-state index contributed by atoms with van der Waals surface area (Å²) in [6.07, 6.45) is 14.1. The predicted octanol–water partition coefficient (Wildman–Crippen LogP) is 2.23. The van der Waals surface area contributed by atoms with Crippen LogP contribution in [0, 0.1) is 12.3 Å². The van der Waals surface area contributed by atoms with E-state index in [2.05, 4.69) is 12.0 Å². The summed E-state index contributed by atoms with van der Waals surface area (Å²) in [7, 11) is 0. The highest BCUT2D eigenvalue weighted by Gasteiger charge is 2.11. The zero-order chi connectivity index (χ0) is 8.81. The summed E-state index contributed by atoms with van der Waals surface area (Å²) in [5.74, 6) is 2.65. The van der Waals surface area contributed by atoms with Gasteiger partial charge in [0.05, 0.1) is 0 Å². The van der Waals surface area contributed by atoms with Gasteiger partial charge in [0.15, 0.2) is 0 Å². The fourth-order valence-corrected chi connectivity index (χ4v) is 1.57. The second kappa shape index (κ2) is 5.00. The molecule has 0 bridgehead atoms. The molecule has 2 N–H and O–H groups in total. The van der Waals surface area contributed by atoms with E-state index in [0.29, 0.717) is 6.04 Å². The van der Waals surface area contributed by atoms with Crippen LogP contribution in [0.4, 0.5) is 0 Å². The molecule has 0 radical (unpaired) electrons. The van der Waals surface area contributed by atoms with Crippen molar-refractivity contribution in [3.05, 3.63) is 11.6 Å². The van der Waals surface area contributed by atoms with Gasteiger partial charge in [0, 0.05) is 12.5 Å². The first-order valence-electron chi connectivity index (χ1n) is 4.70. The normalized spacial score (nSPS) is 23.3. The predicted molar refractivity (Wildman–Crippen MR) is 52.6 cm³/mol. The largest absolute Gasteiger partial charge is 0.328 e. The van der Waals surface area contributed by atoms with Crippen LogP contribution in [0.5, 0.6) is 0 Å². The number of allylic oxidation sites excluding steroid dienone is 2. The molecule has 1 aliphatic carbocycles. The molecule has 0 amide bonds. The lowest BCUT2D eigenvalue weighted by atomic mass is 9.91. The third kappa shape index (κ3) is 3.11. The summed E-state index contributed by atoms with van der Waals surface area (Å²) in [6.45, 7) is 0. The highest BCUT2D eigenvalue weighted by molar-refractivity contribution is 5.06. The minimum absolute atomic E-state index is 0.440. The van der Waals surface area contributed by atoms with Crippen LogP contribution in [0.1, 0.15) is 38.5 Å². The molecule has 0 aromatic rings. The fraction of sp³-hybridized carbons (Fsp3) is 0.636. The van der Waals surface area contributed by atoms with Gasteiger partial charge in [0.25, 0.3) is 0 Å². The average Bonchev–Trinajstić information content (AvgIpc) is 2.09. The van der Waals surface area contributed by atoms with Crippen LogP contribution >= 0.6 is 0 Å². The maximum Gasteiger partial charge on any atom is 0.0121 e. The Balaban J connectivity index is 2.25. The van der Waals surface area contributed by atoms with Gasteiger partial charge in [-0.15, -0.1) is 12.3 Å². The molecule has 1 saturated carbocycles. The summed E-state index contributed by atoms with van der Waals surface area (Å²) in [5.41, 5.74) is 7.35. The molecule has 0 aromatic heterocycles. The van der Waals surface area contributed by atoms with Gasteiger partial charge < -0.3 is 5.73 Å². The zero-order valence-corrected chi connectivity index (χ0v) is 7.55. The van der Waals surface area contributed by atoms with Crippen LogP contribution in [-0.2, 0) is 0 Å². The molecule has 0 aromatic carbocycles. The van der Waals surface area contributed by atoms with Crippen molar-refractivity contribution in [2.45, 2.75) is 44.6 Å². The quantitative estimate of drug-likeness (QED) is 0.377. The maximum atomic E-state index is 5.79. The molecule has 0 atom stereocenters. The topological polar surface area (TPSA) is 26.0 Å². The summed E-state index contributed by atoms with van der Waals surface area (Å²) in [4.78, 5) is 0. The van der Waals surface area contributed by atoms with E-state index >= 15 is 0 Å². The van der Waals surface area contributed by atoms with Crippen molar-refractivity contribution in [1.29, 1.82) is 0 Å². The second-order valence-corrected chi connectivity index (χ2v) is 3.44. The van der Waals surface area contributed by atoms with E-state index < -0.39 is 0 Å². The van der Waals surface area contributed by atoms with Gasteiger partial charge in [-0.25, -0.2) is 0 Å². The highest BCUT2D eigenvalue weighted by atomic mass is 14.6. The van der Waals surface area contributed by atoms with Gasteiger partial charge in [-0.2, -0.15) is 0 Å². The van der Waals surface area contributed by atoms with Gasteiger partial charge in [0.2, 0.25) is 0 Å². The smallest absolute Gasteiger partial charge is 0.0121 e. The summed E-state index contributed by atoms with van der Waals surface area (Å²) < 4.78 is 0. The number of rotatable bonds is 2. The van der Waals surface area contributed by atoms with Gasteiger partial charge in [-0.3, -0.25) is 0 Å². The lowest BCUT2D eigenvalue weighted by molar-refractivity contribution is 0.510. The van der Waals surface area contributed by atoms with E-state index in [9.17, 15) is 0 Å². The SMILES string of the molecule is C#CCCC=C1CCC(N)CC1. The Morgan fingerprint density at radius 3 is 2.75 bits per heavy atom. The second-order valence-electron chi connectivity index (χ2n) is 3.44. The van der Waals surface area contributed by atoms with Crippen LogP contribution in [0.3, 0.4) is 0 Å². The van der Waals surface area contributed by atoms with Gasteiger partial charge in [0.1, 0.15) is 0 Å². The third-order valence-electron chi connectivity index (χ3n) is 2.39. The van der Waals surface area contributed by atoms with Crippen LogP contribution in [-0.4, -0.2) is 6.04 Å². The molecular weight excluding hydrogens is 146 g/mol. The third-order valence-corrected chi connectivity index (χ3v) is 2.39. The minimum Gasteiger partial charge on any atom is -0.328 e. The molecule has 0 aliphatic heterocycles. The lowest BCUT2D eigenvalue weighted by Crippen LogP contribution is -2.23. The first-order chi connectivity index (χ1) is 5.83. The summed E-state index contributed by atoms with van der Waals surface area (Å²) in [5, 5.41) is 0. The van der Waals surface area contributed by atoms with Crippen molar-refractivity contribution >= 4 is 0 Å². The van der Waals surface area contributed by atoms with Crippen LogP contribution in [0.25, 0.3) is 0 Å². The van der Waals surface area contributed by atoms with Crippen molar-refractivity contribution in [3.63, 3.8) is 0 Å². The Bertz CT molecular complexity index is 188. The molecule has 12 heavy (non-hydrogen) atoms. The first kappa shape index (κ1) is 9.35. The van der Waals surface area contributed by atoms with Gasteiger partial charge in [-0.05, 0) is 32.1 Å². The lowest BCUT2D eigenvalue weighted by Gasteiger charge is -2.19. The molecule has 1 nitrogen and oxygen atoms in total. The van der Waals surface area contributed by atoms with E-state index in [4.69, 9.17) is 12.2 Å². The molecule has 66 valence electrons. The Kier molecular flexibility index (Phi) is 3.90. The molecule has 1 aliphatic rings. The van der Waals surface area contributed by atoms with Crippen molar-refractivity contribution < 1.29 is 0 Å². The molecule has 0 spiro atoms. The van der Waals surface area contributed by atoms with Crippen molar-refractivity contribution in [2.24, 2.45) is 5.73 Å². The van der Waals surface area contributed by atoms with Crippen LogP contribution in [0.15, 0.2) is 11.6 Å². The molecule has 0 saturated heterocycles. The molecule has 0 heterocycles. The summed E-state index contributed by atoms with van der Waals surface area (Å²) in [6, 6.07) is 0.440. The van der Waals surface area contributed by atoms with Crippen LogP contribution < -0.4 is 5.73 Å². The molecule has 0 unspecified atom stereocenters. The van der Waals surface area contributed by atoms with E-state index in [1.54, 1.807) is 5.57 Å². The number of unbranched alkanes of at least 4 members (excludes halogenated alkanes) is 1. The monoisotopic (exact) mass is 163 g/mol. The molecular formula is C11H17N. The minimum atomic E-state index is 0.440. The van der Waals surface area contributed by atoms with Crippen molar-refractivity contribution in [1.82, 2.24) is 0 Å². The maximum absolute atomic E-state index is 5.79. The van der Waals surface area contributed by atoms with E-state index in [-0.39, 0.29) is 0 Å². The number of hydrogen-bond donors (Lipinski definition) is 1. The Morgan fingerprint density at radius 2 is 2.17 bits per heavy atom. The van der Waals surface area contributed by atoms with E-state index in [0.717, 1.165) is 25.7 Å². The zero-order valence-electron chi connectivity index (χ0n) is 7.55. The highest BCUT2D eigenvalue weighted by Crippen LogP contribution is 2.22. The van der Waals surface area contributed by atoms with Crippen molar-refractivity contribution in [3.8, 4) is 12.3 Å². The fourth-order valence-electron chi connectivity index (χ4n) is 1.57. The average molecular weight is 163 g/mol. The number of terminal acetylenes is 1. The molecule has 1 fully saturated rings. The van der Waals surface area contributed by atoms with Gasteiger partial charge in [-0.1, -0.05) is 11.6 Å². The van der Waals surface area contributed by atoms with E-state index in [1.807, 2.05) is 0 Å². The standard InChI is InChI=1S/C11H17N/c1-2-3-4-5-10-6-8-11(12)9-7-10/h1,5,11H,3-4,6-9,12H2.